The zero-order chi connectivity index (χ0) is 26.6. The van der Waals surface area contributed by atoms with Gasteiger partial charge in [0.25, 0.3) is 0 Å². The molecule has 0 radical (unpaired) electrons. The standard InChI is InChI=1S/C24H24N6O6/c25-19(11-29(27)15-4-6-17(23(33)34)21(31)9-15)13-2-1-3-14(8-13)20(26)12-30(28)16-5-7-18(24(35)36)22(32)10-16/h1-12,31-32H,25-28H2,(H,33,34)(H,35,36)/b19-11-,20-12-. The molecule has 12 nitrogen and oxygen atoms in total. The molecule has 0 aromatic heterocycles. The van der Waals surface area contributed by atoms with Crippen molar-refractivity contribution in [3.05, 3.63) is 95.3 Å². The van der Waals surface area contributed by atoms with E-state index in [-0.39, 0.29) is 22.5 Å². The Hall–Kier alpha value is -5.20. The predicted molar refractivity (Wildman–Crippen MR) is 134 cm³/mol. The smallest absolute Gasteiger partial charge is 0.339 e. The first-order chi connectivity index (χ1) is 17.0. The fourth-order valence-electron chi connectivity index (χ4n) is 3.20. The average molecular weight is 492 g/mol. The van der Waals surface area contributed by atoms with Gasteiger partial charge in [-0.15, -0.1) is 0 Å². The van der Waals surface area contributed by atoms with E-state index in [0.717, 1.165) is 10.0 Å². The van der Waals surface area contributed by atoms with Gasteiger partial charge in [-0.25, -0.2) is 21.3 Å². The van der Waals surface area contributed by atoms with Crippen molar-refractivity contribution in [1.29, 1.82) is 0 Å². The van der Waals surface area contributed by atoms with Crippen LogP contribution in [0.25, 0.3) is 11.4 Å². The van der Waals surface area contributed by atoms with Crippen LogP contribution in [0.5, 0.6) is 11.5 Å². The first-order valence-corrected chi connectivity index (χ1v) is 10.2. The fourth-order valence-corrected chi connectivity index (χ4v) is 3.20. The molecular formula is C24H24N6O6. The van der Waals surface area contributed by atoms with Gasteiger partial charge in [0.1, 0.15) is 22.6 Å². The van der Waals surface area contributed by atoms with Gasteiger partial charge in [-0.05, 0) is 41.5 Å². The van der Waals surface area contributed by atoms with E-state index in [4.69, 9.17) is 33.4 Å². The van der Waals surface area contributed by atoms with Gasteiger partial charge in [0.2, 0.25) is 0 Å². The number of hydrazine groups is 2. The molecule has 0 fully saturated rings. The van der Waals surface area contributed by atoms with Crippen molar-refractivity contribution in [3.63, 3.8) is 0 Å². The van der Waals surface area contributed by atoms with Crippen molar-refractivity contribution in [2.24, 2.45) is 23.2 Å². The molecule has 0 aliphatic carbocycles. The van der Waals surface area contributed by atoms with Crippen LogP contribution in [-0.2, 0) is 0 Å². The molecular weight excluding hydrogens is 468 g/mol. The Morgan fingerprint density at radius 1 is 0.667 bits per heavy atom. The Balaban J connectivity index is 1.82. The van der Waals surface area contributed by atoms with E-state index in [9.17, 15) is 19.8 Å². The predicted octanol–water partition coefficient (Wildman–Crippen LogP) is 1.77. The number of nitrogens with zero attached hydrogens (tertiary/aromatic N) is 2. The molecule has 0 spiro atoms. The van der Waals surface area contributed by atoms with Gasteiger partial charge in [0, 0.05) is 24.5 Å². The van der Waals surface area contributed by atoms with Gasteiger partial charge >= 0.3 is 11.9 Å². The Morgan fingerprint density at radius 3 is 1.39 bits per heavy atom. The zero-order valence-electron chi connectivity index (χ0n) is 18.7. The molecule has 186 valence electrons. The second kappa shape index (κ2) is 10.4. The van der Waals surface area contributed by atoms with Gasteiger partial charge < -0.3 is 31.9 Å². The van der Waals surface area contributed by atoms with Gasteiger partial charge in [0.05, 0.1) is 22.8 Å². The molecule has 0 aliphatic heterocycles. The molecule has 12 N–H and O–H groups in total. The largest absolute Gasteiger partial charge is 0.507 e. The minimum atomic E-state index is -1.27. The van der Waals surface area contributed by atoms with Crippen LogP contribution in [0, 0.1) is 0 Å². The molecule has 3 aromatic carbocycles. The minimum Gasteiger partial charge on any atom is -0.507 e. The number of anilines is 2. The second-order valence-corrected chi connectivity index (χ2v) is 7.58. The number of benzene rings is 3. The summed E-state index contributed by atoms with van der Waals surface area (Å²) < 4.78 is 0. The number of nitrogens with two attached hydrogens (primary N) is 4. The second-order valence-electron chi connectivity index (χ2n) is 7.58. The number of phenols is 2. The highest BCUT2D eigenvalue weighted by Crippen LogP contribution is 2.26. The molecule has 0 bridgehead atoms. The van der Waals surface area contributed by atoms with Gasteiger partial charge in [-0.2, -0.15) is 0 Å². The summed E-state index contributed by atoms with van der Waals surface area (Å²) in [6.07, 6.45) is 2.77. The van der Waals surface area contributed by atoms with Crippen LogP contribution in [0.2, 0.25) is 0 Å². The summed E-state index contributed by atoms with van der Waals surface area (Å²) in [7, 11) is 0. The number of carboxylic acids is 2. The monoisotopic (exact) mass is 492 g/mol. The highest BCUT2D eigenvalue weighted by atomic mass is 16.4. The van der Waals surface area contributed by atoms with Crippen molar-refractivity contribution in [2.75, 3.05) is 10.0 Å². The van der Waals surface area contributed by atoms with Crippen molar-refractivity contribution >= 4 is 34.7 Å². The number of carbonyl (C=O) groups is 2. The summed E-state index contributed by atoms with van der Waals surface area (Å²) >= 11 is 0. The highest BCUT2D eigenvalue weighted by molar-refractivity contribution is 5.92. The lowest BCUT2D eigenvalue weighted by Gasteiger charge is -2.17. The van der Waals surface area contributed by atoms with E-state index in [1.54, 1.807) is 24.3 Å². The van der Waals surface area contributed by atoms with Gasteiger partial charge in [-0.3, -0.25) is 10.0 Å². The topological polar surface area (TPSA) is 226 Å². The van der Waals surface area contributed by atoms with Crippen LogP contribution in [0.4, 0.5) is 11.4 Å². The maximum absolute atomic E-state index is 11.1. The van der Waals surface area contributed by atoms with Crippen molar-refractivity contribution < 1.29 is 30.0 Å². The maximum Gasteiger partial charge on any atom is 0.339 e. The molecule has 12 heteroatoms. The third-order valence-corrected chi connectivity index (χ3v) is 5.11. The first kappa shape index (κ1) is 25.4. The molecule has 3 rings (SSSR count). The number of hydrogen-bond acceptors (Lipinski definition) is 10. The van der Waals surface area contributed by atoms with Crippen molar-refractivity contribution in [2.45, 2.75) is 0 Å². The molecule has 0 atom stereocenters. The molecule has 0 heterocycles. The van der Waals surface area contributed by atoms with Crippen LogP contribution in [0.15, 0.2) is 73.1 Å². The van der Waals surface area contributed by atoms with E-state index in [1.165, 1.54) is 48.8 Å². The fraction of sp³-hybridized carbons (Fsp3) is 0. The number of aromatic carboxylic acids is 2. The molecule has 3 aromatic rings. The summed E-state index contributed by atoms with van der Waals surface area (Å²) in [6.45, 7) is 0. The highest BCUT2D eigenvalue weighted by Gasteiger charge is 2.13. The molecule has 0 saturated heterocycles. The Morgan fingerprint density at radius 2 is 1.06 bits per heavy atom. The molecule has 0 saturated carbocycles. The average Bonchev–Trinajstić information content (AvgIpc) is 2.83. The van der Waals surface area contributed by atoms with Crippen molar-refractivity contribution in [1.82, 2.24) is 0 Å². The normalized spacial score (nSPS) is 11.7. The van der Waals surface area contributed by atoms with Gasteiger partial charge in [-0.1, -0.05) is 18.2 Å². The minimum absolute atomic E-state index is 0.243. The zero-order valence-corrected chi connectivity index (χ0v) is 18.7. The molecule has 36 heavy (non-hydrogen) atoms. The maximum atomic E-state index is 11.1. The summed E-state index contributed by atoms with van der Waals surface area (Å²) in [5.41, 5.74) is 14.0. The molecule has 0 amide bonds. The Bertz CT molecular complexity index is 1290. The van der Waals surface area contributed by atoms with Crippen LogP contribution in [-0.4, -0.2) is 32.4 Å². The number of rotatable bonds is 8. The number of hydrogen-bond donors (Lipinski definition) is 8. The van der Waals surface area contributed by atoms with E-state index < -0.39 is 23.4 Å². The molecule has 0 unspecified atom stereocenters. The summed E-state index contributed by atoms with van der Waals surface area (Å²) in [5, 5.41) is 40.1. The lowest BCUT2D eigenvalue weighted by molar-refractivity contribution is 0.0682. The number of aromatic hydroxyl groups is 2. The lowest BCUT2D eigenvalue weighted by Crippen LogP contribution is -2.26. The van der Waals surface area contributed by atoms with E-state index >= 15 is 0 Å². The summed E-state index contributed by atoms with van der Waals surface area (Å²) in [6, 6.07) is 14.5. The van der Waals surface area contributed by atoms with E-state index in [1.807, 2.05) is 0 Å². The quantitative estimate of drug-likeness (QED) is 0.166. The Labute approximate surface area is 205 Å². The van der Waals surface area contributed by atoms with Crippen LogP contribution in [0.3, 0.4) is 0 Å². The SMILES string of the molecule is N/C(=C\N(N)c1ccc(C(=O)O)c(O)c1)c1cccc(/C(N)=C/N(N)c2ccc(C(=O)O)c(O)c2)c1. The lowest BCUT2D eigenvalue weighted by atomic mass is 10.1. The summed E-state index contributed by atoms with van der Waals surface area (Å²) in [5.74, 6) is 8.56. The summed E-state index contributed by atoms with van der Waals surface area (Å²) in [4.78, 5) is 22.1. The number of carboxylic acid groups (broad SMARTS) is 2. The van der Waals surface area contributed by atoms with E-state index in [2.05, 4.69) is 0 Å². The molecule has 0 aliphatic rings. The third-order valence-electron chi connectivity index (χ3n) is 5.11. The van der Waals surface area contributed by atoms with Crippen molar-refractivity contribution in [3.8, 4) is 11.5 Å². The Kier molecular flexibility index (Phi) is 7.33. The van der Waals surface area contributed by atoms with Crippen LogP contribution in [0.1, 0.15) is 31.8 Å². The van der Waals surface area contributed by atoms with Crippen LogP contribution < -0.4 is 33.2 Å². The van der Waals surface area contributed by atoms with Crippen LogP contribution >= 0.6 is 0 Å². The first-order valence-electron chi connectivity index (χ1n) is 10.2. The van der Waals surface area contributed by atoms with E-state index in [0.29, 0.717) is 22.5 Å². The third kappa shape index (κ3) is 5.64. The van der Waals surface area contributed by atoms with Gasteiger partial charge in [0.15, 0.2) is 0 Å².